The standard InChI is InChI=1S/C14H16BrN3/c1-3-18-14(11-7-16-9-17-8-11)12-6-10(2)4-5-13(12)15/h4-9,14,18H,3H2,1-2H3. The summed E-state index contributed by atoms with van der Waals surface area (Å²) in [6.07, 6.45) is 5.27. The van der Waals surface area contributed by atoms with Crippen LogP contribution in [0.4, 0.5) is 0 Å². The van der Waals surface area contributed by atoms with Crippen LogP contribution in [-0.2, 0) is 0 Å². The van der Waals surface area contributed by atoms with Crippen LogP contribution in [0.2, 0.25) is 0 Å². The number of benzene rings is 1. The maximum absolute atomic E-state index is 4.10. The van der Waals surface area contributed by atoms with E-state index in [4.69, 9.17) is 0 Å². The lowest BCUT2D eigenvalue weighted by atomic mass is 9.99. The number of nitrogens with one attached hydrogen (secondary N) is 1. The molecule has 1 atom stereocenters. The molecular weight excluding hydrogens is 290 g/mol. The molecule has 2 aromatic rings. The molecule has 4 heteroatoms. The third-order valence-corrected chi connectivity index (χ3v) is 3.51. The summed E-state index contributed by atoms with van der Waals surface area (Å²) in [7, 11) is 0. The molecule has 0 spiro atoms. The highest BCUT2D eigenvalue weighted by molar-refractivity contribution is 9.10. The monoisotopic (exact) mass is 305 g/mol. The van der Waals surface area contributed by atoms with Gasteiger partial charge < -0.3 is 5.32 Å². The van der Waals surface area contributed by atoms with Gasteiger partial charge in [0.15, 0.2) is 0 Å². The van der Waals surface area contributed by atoms with Gasteiger partial charge in [-0.15, -0.1) is 0 Å². The second kappa shape index (κ2) is 6.07. The molecule has 0 aliphatic heterocycles. The van der Waals surface area contributed by atoms with E-state index in [-0.39, 0.29) is 6.04 Å². The Kier molecular flexibility index (Phi) is 4.44. The molecule has 1 heterocycles. The van der Waals surface area contributed by atoms with Gasteiger partial charge in [-0.3, -0.25) is 0 Å². The molecule has 1 unspecified atom stereocenters. The minimum atomic E-state index is 0.116. The predicted octanol–water partition coefficient (Wildman–Crippen LogP) is 3.25. The first-order valence-corrected chi connectivity index (χ1v) is 6.76. The molecule has 2 rings (SSSR count). The average molecular weight is 306 g/mol. The van der Waals surface area contributed by atoms with E-state index in [1.807, 2.05) is 12.4 Å². The Morgan fingerprint density at radius 3 is 2.67 bits per heavy atom. The number of nitrogens with zero attached hydrogens (tertiary/aromatic N) is 2. The van der Waals surface area contributed by atoms with Gasteiger partial charge in [-0.05, 0) is 25.1 Å². The van der Waals surface area contributed by atoms with Crippen molar-refractivity contribution in [2.45, 2.75) is 19.9 Å². The number of aryl methyl sites for hydroxylation is 1. The van der Waals surface area contributed by atoms with Gasteiger partial charge in [0.25, 0.3) is 0 Å². The zero-order chi connectivity index (χ0) is 13.0. The highest BCUT2D eigenvalue weighted by atomic mass is 79.9. The fourth-order valence-corrected chi connectivity index (χ4v) is 2.43. The van der Waals surface area contributed by atoms with Crippen molar-refractivity contribution in [3.63, 3.8) is 0 Å². The molecule has 94 valence electrons. The second-order valence-corrected chi connectivity index (χ2v) is 5.04. The first-order chi connectivity index (χ1) is 8.72. The number of hydrogen-bond acceptors (Lipinski definition) is 3. The summed E-state index contributed by atoms with van der Waals surface area (Å²) >= 11 is 3.62. The van der Waals surface area contributed by atoms with Crippen molar-refractivity contribution < 1.29 is 0 Å². The Hall–Kier alpha value is -1.26. The molecule has 0 saturated carbocycles. The SMILES string of the molecule is CCNC(c1cncnc1)c1cc(C)ccc1Br. The van der Waals surface area contributed by atoms with Crippen molar-refractivity contribution in [1.29, 1.82) is 0 Å². The van der Waals surface area contributed by atoms with Gasteiger partial charge in [0.05, 0.1) is 6.04 Å². The van der Waals surface area contributed by atoms with Crippen LogP contribution in [0.5, 0.6) is 0 Å². The Morgan fingerprint density at radius 2 is 2.00 bits per heavy atom. The van der Waals surface area contributed by atoms with Gasteiger partial charge in [0.1, 0.15) is 6.33 Å². The Morgan fingerprint density at radius 1 is 1.28 bits per heavy atom. The summed E-state index contributed by atoms with van der Waals surface area (Å²) in [5, 5.41) is 3.47. The molecule has 0 bridgehead atoms. The molecule has 0 fully saturated rings. The van der Waals surface area contributed by atoms with Crippen LogP contribution >= 0.6 is 15.9 Å². The van der Waals surface area contributed by atoms with E-state index in [1.54, 1.807) is 6.33 Å². The van der Waals surface area contributed by atoms with Crippen molar-refractivity contribution >= 4 is 15.9 Å². The fraction of sp³-hybridized carbons (Fsp3) is 0.286. The summed E-state index contributed by atoms with van der Waals surface area (Å²) < 4.78 is 1.10. The average Bonchev–Trinajstić information content (AvgIpc) is 2.40. The zero-order valence-corrected chi connectivity index (χ0v) is 12.1. The molecular formula is C14H16BrN3. The molecule has 0 radical (unpaired) electrons. The van der Waals surface area contributed by atoms with Gasteiger partial charge in [-0.25, -0.2) is 9.97 Å². The Labute approximate surface area is 116 Å². The van der Waals surface area contributed by atoms with Crippen LogP contribution in [0.25, 0.3) is 0 Å². The van der Waals surface area contributed by atoms with Gasteiger partial charge in [0.2, 0.25) is 0 Å². The van der Waals surface area contributed by atoms with Gasteiger partial charge in [-0.2, -0.15) is 0 Å². The first kappa shape index (κ1) is 13.2. The van der Waals surface area contributed by atoms with Crippen molar-refractivity contribution in [3.05, 3.63) is 58.1 Å². The molecule has 0 saturated heterocycles. The van der Waals surface area contributed by atoms with Gasteiger partial charge in [-0.1, -0.05) is 40.5 Å². The summed E-state index contributed by atoms with van der Waals surface area (Å²) in [6.45, 7) is 5.08. The summed E-state index contributed by atoms with van der Waals surface area (Å²) in [5.41, 5.74) is 3.53. The third kappa shape index (κ3) is 2.94. The maximum atomic E-state index is 4.10. The summed E-state index contributed by atoms with van der Waals surface area (Å²) in [5.74, 6) is 0. The van der Waals surface area contributed by atoms with E-state index >= 15 is 0 Å². The molecule has 0 aliphatic rings. The van der Waals surface area contributed by atoms with Crippen LogP contribution in [0, 0.1) is 6.92 Å². The molecule has 0 amide bonds. The topological polar surface area (TPSA) is 37.8 Å². The van der Waals surface area contributed by atoms with E-state index in [0.29, 0.717) is 0 Å². The number of hydrogen-bond donors (Lipinski definition) is 1. The normalized spacial score (nSPS) is 12.4. The maximum Gasteiger partial charge on any atom is 0.115 e. The number of aromatic nitrogens is 2. The van der Waals surface area contributed by atoms with E-state index < -0.39 is 0 Å². The zero-order valence-electron chi connectivity index (χ0n) is 10.5. The van der Waals surface area contributed by atoms with E-state index in [2.05, 4.69) is 63.3 Å². The lowest BCUT2D eigenvalue weighted by Crippen LogP contribution is -2.22. The van der Waals surface area contributed by atoms with E-state index in [1.165, 1.54) is 11.1 Å². The molecule has 1 N–H and O–H groups in total. The van der Waals surface area contributed by atoms with Crippen molar-refractivity contribution in [3.8, 4) is 0 Å². The highest BCUT2D eigenvalue weighted by Crippen LogP contribution is 2.28. The molecule has 18 heavy (non-hydrogen) atoms. The first-order valence-electron chi connectivity index (χ1n) is 5.96. The predicted molar refractivity (Wildman–Crippen MR) is 76.4 cm³/mol. The smallest absolute Gasteiger partial charge is 0.115 e. The summed E-state index contributed by atoms with van der Waals surface area (Å²) in [4.78, 5) is 8.20. The molecule has 1 aromatic carbocycles. The molecule has 1 aromatic heterocycles. The van der Waals surface area contributed by atoms with Crippen LogP contribution in [-0.4, -0.2) is 16.5 Å². The largest absolute Gasteiger partial charge is 0.306 e. The van der Waals surface area contributed by atoms with Crippen LogP contribution in [0.1, 0.15) is 29.7 Å². The fourth-order valence-electron chi connectivity index (χ4n) is 1.96. The summed E-state index contributed by atoms with van der Waals surface area (Å²) in [6, 6.07) is 6.48. The lowest BCUT2D eigenvalue weighted by molar-refractivity contribution is 0.623. The quantitative estimate of drug-likeness (QED) is 0.942. The van der Waals surface area contributed by atoms with E-state index in [0.717, 1.165) is 16.6 Å². The van der Waals surface area contributed by atoms with Gasteiger partial charge >= 0.3 is 0 Å². The van der Waals surface area contributed by atoms with Crippen molar-refractivity contribution in [2.75, 3.05) is 6.54 Å². The van der Waals surface area contributed by atoms with Crippen LogP contribution < -0.4 is 5.32 Å². The van der Waals surface area contributed by atoms with Crippen LogP contribution in [0.15, 0.2) is 41.4 Å². The Balaban J connectivity index is 2.44. The minimum Gasteiger partial charge on any atom is -0.306 e. The minimum absolute atomic E-state index is 0.116. The second-order valence-electron chi connectivity index (χ2n) is 4.19. The third-order valence-electron chi connectivity index (χ3n) is 2.78. The van der Waals surface area contributed by atoms with Crippen molar-refractivity contribution in [2.24, 2.45) is 0 Å². The molecule has 0 aliphatic carbocycles. The lowest BCUT2D eigenvalue weighted by Gasteiger charge is -2.20. The number of rotatable bonds is 4. The van der Waals surface area contributed by atoms with E-state index in [9.17, 15) is 0 Å². The Bertz CT molecular complexity index is 514. The highest BCUT2D eigenvalue weighted by Gasteiger charge is 2.16. The van der Waals surface area contributed by atoms with Gasteiger partial charge in [0, 0.05) is 22.4 Å². The molecule has 3 nitrogen and oxygen atoms in total. The van der Waals surface area contributed by atoms with Crippen molar-refractivity contribution in [1.82, 2.24) is 15.3 Å². The number of halogens is 1. The van der Waals surface area contributed by atoms with Crippen LogP contribution in [0.3, 0.4) is 0 Å².